The van der Waals surface area contributed by atoms with Gasteiger partial charge in [-0.2, -0.15) is 0 Å². The van der Waals surface area contributed by atoms with Crippen LogP contribution in [0.1, 0.15) is 38.5 Å². The first-order valence-corrected chi connectivity index (χ1v) is 7.79. The fourth-order valence-corrected chi connectivity index (χ4v) is 2.70. The van der Waals surface area contributed by atoms with E-state index in [1.54, 1.807) is 0 Å². The van der Waals surface area contributed by atoms with Crippen LogP contribution in [0.3, 0.4) is 0 Å². The van der Waals surface area contributed by atoms with E-state index in [2.05, 4.69) is 22.3 Å². The number of nitrogens with zero attached hydrogens (tertiary/aromatic N) is 2. The molecule has 0 aromatic carbocycles. The van der Waals surface area contributed by atoms with Crippen LogP contribution >= 0.6 is 0 Å². The molecule has 1 aliphatic heterocycles. The van der Waals surface area contributed by atoms with E-state index < -0.39 is 0 Å². The van der Waals surface area contributed by atoms with Crippen LogP contribution in [0, 0.1) is 11.8 Å². The van der Waals surface area contributed by atoms with Gasteiger partial charge in [-0.25, -0.2) is 0 Å². The number of rotatable bonds is 6. The average Bonchev–Trinajstić information content (AvgIpc) is 3.26. The highest BCUT2D eigenvalue weighted by molar-refractivity contribution is 5.79. The summed E-state index contributed by atoms with van der Waals surface area (Å²) in [6.45, 7) is 4.05. The minimum absolute atomic E-state index is 0.834. The first-order chi connectivity index (χ1) is 9.29. The Hall–Kier alpha value is -0.770. The van der Waals surface area contributed by atoms with Crippen LogP contribution in [-0.4, -0.2) is 51.3 Å². The molecule has 0 atom stereocenters. The van der Waals surface area contributed by atoms with Gasteiger partial charge in [0.1, 0.15) is 0 Å². The van der Waals surface area contributed by atoms with E-state index in [0.717, 1.165) is 44.1 Å². The number of aliphatic imine (C=N–C) groups is 1. The zero-order chi connectivity index (χ0) is 13.5. The molecule has 0 bridgehead atoms. The third-order valence-electron chi connectivity index (χ3n) is 4.32. The molecule has 4 nitrogen and oxygen atoms in total. The van der Waals surface area contributed by atoms with Crippen LogP contribution in [0.2, 0.25) is 0 Å². The molecule has 110 valence electrons. The third-order valence-corrected chi connectivity index (χ3v) is 4.32. The van der Waals surface area contributed by atoms with Gasteiger partial charge in [0.25, 0.3) is 0 Å². The van der Waals surface area contributed by atoms with Gasteiger partial charge in [-0.3, -0.25) is 4.99 Å². The van der Waals surface area contributed by atoms with Crippen molar-refractivity contribution in [2.45, 2.75) is 38.5 Å². The van der Waals surface area contributed by atoms with Crippen molar-refractivity contribution in [3.63, 3.8) is 0 Å². The molecule has 1 saturated carbocycles. The molecule has 0 radical (unpaired) electrons. The molecule has 0 unspecified atom stereocenters. The summed E-state index contributed by atoms with van der Waals surface area (Å²) in [5.41, 5.74) is 0. The molecule has 2 rings (SSSR count). The summed E-state index contributed by atoms with van der Waals surface area (Å²) in [4.78, 5) is 6.64. The Balaban J connectivity index is 1.62. The van der Waals surface area contributed by atoms with Gasteiger partial charge in [0.05, 0.1) is 0 Å². The summed E-state index contributed by atoms with van der Waals surface area (Å²) < 4.78 is 5.41. The Labute approximate surface area is 117 Å². The van der Waals surface area contributed by atoms with Gasteiger partial charge in [-0.05, 0) is 37.5 Å². The first kappa shape index (κ1) is 14.6. The lowest BCUT2D eigenvalue weighted by Gasteiger charge is -2.26. The molecule has 1 aliphatic carbocycles. The molecule has 0 spiro atoms. The fourth-order valence-electron chi connectivity index (χ4n) is 2.70. The lowest BCUT2D eigenvalue weighted by Crippen LogP contribution is -2.40. The second-order valence-electron chi connectivity index (χ2n) is 5.97. The van der Waals surface area contributed by atoms with Gasteiger partial charge >= 0.3 is 0 Å². The van der Waals surface area contributed by atoms with E-state index in [0.29, 0.717) is 0 Å². The van der Waals surface area contributed by atoms with Crippen LogP contribution in [0.4, 0.5) is 0 Å². The zero-order valence-corrected chi connectivity index (χ0v) is 12.5. The second kappa shape index (κ2) is 7.73. The molecular formula is C15H29N3O. The Bertz CT molecular complexity index is 283. The van der Waals surface area contributed by atoms with Gasteiger partial charge < -0.3 is 15.0 Å². The predicted molar refractivity (Wildman–Crippen MR) is 79.5 cm³/mol. The smallest absolute Gasteiger partial charge is 0.193 e. The summed E-state index contributed by atoms with van der Waals surface area (Å²) >= 11 is 0. The molecule has 1 N–H and O–H groups in total. The van der Waals surface area contributed by atoms with Gasteiger partial charge in [0, 0.05) is 40.4 Å². The Morgan fingerprint density at radius 1 is 1.16 bits per heavy atom. The SMILES string of the molecule is CN=C(NCCC1CC1)N(C)CCC1CCOCC1. The number of nitrogens with one attached hydrogen (secondary N) is 1. The molecule has 0 aromatic heterocycles. The van der Waals surface area contributed by atoms with Crippen molar-refractivity contribution >= 4 is 5.96 Å². The quantitative estimate of drug-likeness (QED) is 0.591. The molecule has 0 aromatic rings. The second-order valence-corrected chi connectivity index (χ2v) is 5.97. The van der Waals surface area contributed by atoms with Crippen molar-refractivity contribution in [2.75, 3.05) is 40.4 Å². The summed E-state index contributed by atoms with van der Waals surface area (Å²) in [6.07, 6.45) is 7.86. The number of ether oxygens (including phenoxy) is 1. The van der Waals surface area contributed by atoms with Crippen LogP contribution < -0.4 is 5.32 Å². The van der Waals surface area contributed by atoms with Crippen LogP contribution in [0.5, 0.6) is 0 Å². The Kier molecular flexibility index (Phi) is 5.95. The van der Waals surface area contributed by atoms with E-state index in [1.165, 1.54) is 38.5 Å². The van der Waals surface area contributed by atoms with Crippen molar-refractivity contribution in [2.24, 2.45) is 16.8 Å². The topological polar surface area (TPSA) is 36.9 Å². The highest BCUT2D eigenvalue weighted by Gasteiger charge is 2.20. The minimum Gasteiger partial charge on any atom is -0.381 e. The lowest BCUT2D eigenvalue weighted by atomic mass is 9.96. The van der Waals surface area contributed by atoms with E-state index in [9.17, 15) is 0 Å². The molecule has 1 saturated heterocycles. The number of hydrogen-bond acceptors (Lipinski definition) is 2. The summed E-state index contributed by atoms with van der Waals surface area (Å²) in [5.74, 6) is 2.87. The molecular weight excluding hydrogens is 238 g/mol. The maximum absolute atomic E-state index is 5.41. The Morgan fingerprint density at radius 2 is 1.84 bits per heavy atom. The molecule has 19 heavy (non-hydrogen) atoms. The summed E-state index contributed by atoms with van der Waals surface area (Å²) in [5, 5.41) is 3.48. The highest BCUT2D eigenvalue weighted by atomic mass is 16.5. The number of guanidine groups is 1. The molecule has 1 heterocycles. The third kappa shape index (κ3) is 5.39. The van der Waals surface area contributed by atoms with Gasteiger partial charge in [-0.1, -0.05) is 12.8 Å². The normalized spacial score (nSPS) is 21.5. The average molecular weight is 267 g/mol. The van der Waals surface area contributed by atoms with Crippen molar-refractivity contribution in [1.29, 1.82) is 0 Å². The highest BCUT2D eigenvalue weighted by Crippen LogP contribution is 2.31. The van der Waals surface area contributed by atoms with Gasteiger partial charge in [0.15, 0.2) is 5.96 Å². The van der Waals surface area contributed by atoms with Crippen molar-refractivity contribution in [3.8, 4) is 0 Å². The fraction of sp³-hybridized carbons (Fsp3) is 0.933. The Morgan fingerprint density at radius 3 is 2.47 bits per heavy atom. The van der Waals surface area contributed by atoms with E-state index in [1.807, 2.05) is 7.05 Å². The zero-order valence-electron chi connectivity index (χ0n) is 12.5. The van der Waals surface area contributed by atoms with Gasteiger partial charge in [0.2, 0.25) is 0 Å². The largest absolute Gasteiger partial charge is 0.381 e. The summed E-state index contributed by atoms with van der Waals surface area (Å²) in [7, 11) is 4.02. The maximum Gasteiger partial charge on any atom is 0.193 e. The molecule has 0 amide bonds. The van der Waals surface area contributed by atoms with Crippen LogP contribution in [-0.2, 0) is 4.74 Å². The van der Waals surface area contributed by atoms with Crippen LogP contribution in [0.25, 0.3) is 0 Å². The van der Waals surface area contributed by atoms with E-state index in [4.69, 9.17) is 4.74 Å². The minimum atomic E-state index is 0.834. The molecule has 4 heteroatoms. The summed E-state index contributed by atoms with van der Waals surface area (Å²) in [6, 6.07) is 0. The molecule has 2 fully saturated rings. The van der Waals surface area contributed by atoms with Gasteiger partial charge in [-0.15, -0.1) is 0 Å². The van der Waals surface area contributed by atoms with Crippen molar-refractivity contribution in [1.82, 2.24) is 10.2 Å². The maximum atomic E-state index is 5.41. The van der Waals surface area contributed by atoms with Crippen molar-refractivity contribution in [3.05, 3.63) is 0 Å². The van der Waals surface area contributed by atoms with Crippen LogP contribution in [0.15, 0.2) is 4.99 Å². The van der Waals surface area contributed by atoms with Crippen molar-refractivity contribution < 1.29 is 4.74 Å². The monoisotopic (exact) mass is 267 g/mol. The number of hydrogen-bond donors (Lipinski definition) is 1. The molecule has 2 aliphatic rings. The standard InChI is InChI=1S/C15H29N3O/c1-16-15(17-9-5-13-3-4-13)18(2)10-6-14-7-11-19-12-8-14/h13-14H,3-12H2,1-2H3,(H,16,17). The lowest BCUT2D eigenvalue weighted by molar-refractivity contribution is 0.0625. The predicted octanol–water partition coefficient (Wildman–Crippen LogP) is 2.11. The van der Waals surface area contributed by atoms with E-state index in [-0.39, 0.29) is 0 Å². The van der Waals surface area contributed by atoms with E-state index >= 15 is 0 Å². The first-order valence-electron chi connectivity index (χ1n) is 7.79.